The molecule has 0 aliphatic carbocycles. The first kappa shape index (κ1) is 24.2. The van der Waals surface area contributed by atoms with Gasteiger partial charge in [-0.15, -0.1) is 0 Å². The number of quaternary nitrogens is 1. The smallest absolute Gasteiger partial charge is 0.269 e. The Bertz CT molecular complexity index is 1150. The lowest BCUT2D eigenvalue weighted by molar-refractivity contribution is -0.878. The number of likely N-dealkylation sites (tertiary alicyclic amines) is 1. The van der Waals surface area contributed by atoms with Crippen LogP contribution in [-0.4, -0.2) is 45.8 Å². The number of nitrogens with zero attached hydrogens (tertiary/aromatic N) is 4. The fraction of sp³-hybridized carbons (Fsp3) is 0.238. The van der Waals surface area contributed by atoms with Crippen LogP contribution in [0.25, 0.3) is 6.08 Å². The Morgan fingerprint density at radius 2 is 1.67 bits per heavy atom. The molecule has 0 radical (unpaired) electrons. The zero-order valence-corrected chi connectivity index (χ0v) is 19.1. The van der Waals surface area contributed by atoms with Crippen LogP contribution in [0.1, 0.15) is 17.2 Å². The largest absolute Gasteiger partial charge is 1.00 e. The lowest BCUT2D eigenvalue weighted by Gasteiger charge is -2.32. The van der Waals surface area contributed by atoms with E-state index in [9.17, 15) is 20.2 Å². The molecule has 12 heteroatoms. The van der Waals surface area contributed by atoms with Crippen molar-refractivity contribution in [3.8, 4) is 0 Å². The number of piperidine rings is 1. The summed E-state index contributed by atoms with van der Waals surface area (Å²) in [5.41, 5.74) is 9.58. The first-order chi connectivity index (χ1) is 15.2. The van der Waals surface area contributed by atoms with Crippen LogP contribution in [0, 0.1) is 26.1 Å². The molecular weight excluding hydrogens is 468 g/mol. The number of likely N-dealkylation sites (N-methyl/N-ethyl adjacent to an activating group) is 1. The van der Waals surface area contributed by atoms with E-state index in [0.29, 0.717) is 0 Å². The maximum atomic E-state index is 11.0. The lowest BCUT2D eigenvalue weighted by Crippen LogP contribution is -3.11. The SMILES string of the molecule is C[NH+]1C/C(=C/c2ccc([N+](=O)[O-])cc2)C2=NN(C(N)=S)C(c3ccc([N+](=O)[O-])cc3)C2C1.[Cl-]. The molecule has 33 heavy (non-hydrogen) atoms. The van der Waals surface area contributed by atoms with Crippen molar-refractivity contribution in [2.75, 3.05) is 20.1 Å². The Kier molecular flexibility index (Phi) is 7.06. The van der Waals surface area contributed by atoms with Crippen molar-refractivity contribution in [2.45, 2.75) is 6.04 Å². The number of hydrogen-bond donors (Lipinski definition) is 2. The predicted octanol–water partition coefficient (Wildman–Crippen LogP) is -1.31. The number of rotatable bonds is 4. The number of hydrazone groups is 1. The second-order valence-corrected chi connectivity index (χ2v) is 8.34. The number of halogens is 1. The third-order valence-electron chi connectivity index (χ3n) is 5.72. The van der Waals surface area contributed by atoms with Gasteiger partial charge in [0, 0.05) is 29.8 Å². The number of nitrogens with two attached hydrogens (primary N) is 1. The minimum absolute atomic E-state index is 0. The molecule has 0 aromatic heterocycles. The number of hydrogen-bond acceptors (Lipinski definition) is 6. The average Bonchev–Trinajstić information content (AvgIpc) is 3.14. The summed E-state index contributed by atoms with van der Waals surface area (Å²) in [5, 5.41) is 28.4. The monoisotopic (exact) mass is 488 g/mol. The van der Waals surface area contributed by atoms with E-state index < -0.39 is 9.85 Å². The average molecular weight is 489 g/mol. The Balaban J connectivity index is 0.00000306. The summed E-state index contributed by atoms with van der Waals surface area (Å²) in [4.78, 5) is 22.4. The van der Waals surface area contributed by atoms with Gasteiger partial charge < -0.3 is 23.0 Å². The molecule has 2 aromatic carbocycles. The van der Waals surface area contributed by atoms with E-state index >= 15 is 0 Å². The van der Waals surface area contributed by atoms with E-state index in [0.717, 1.165) is 35.5 Å². The molecule has 0 amide bonds. The van der Waals surface area contributed by atoms with Crippen LogP contribution in [0.3, 0.4) is 0 Å². The van der Waals surface area contributed by atoms with Gasteiger partial charge in [-0.3, -0.25) is 20.2 Å². The van der Waals surface area contributed by atoms with E-state index in [4.69, 9.17) is 23.1 Å². The molecule has 1 fully saturated rings. The summed E-state index contributed by atoms with van der Waals surface area (Å²) >= 11 is 5.26. The summed E-state index contributed by atoms with van der Waals surface area (Å²) in [7, 11) is 2.08. The van der Waals surface area contributed by atoms with Gasteiger partial charge in [-0.05, 0) is 41.6 Å². The number of benzene rings is 2. The van der Waals surface area contributed by atoms with Crippen LogP contribution < -0.4 is 23.0 Å². The molecule has 2 aliphatic heterocycles. The van der Waals surface area contributed by atoms with E-state index in [1.54, 1.807) is 29.3 Å². The van der Waals surface area contributed by atoms with Crippen molar-refractivity contribution in [2.24, 2.45) is 16.8 Å². The molecular formula is C21H21ClN6O4S. The summed E-state index contributed by atoms with van der Waals surface area (Å²) in [6.07, 6.45) is 1.98. The van der Waals surface area contributed by atoms with Crippen LogP contribution >= 0.6 is 12.2 Å². The standard InChI is InChI=1S/C21H20N6O4S.ClH/c1-24-11-15(10-13-2-6-16(7-3-13)26(28)29)19-18(12-24)20(25(23-19)21(22)32)14-4-8-17(9-5-14)27(30)31;/h2-10,18,20H,11-12H2,1H3,(H2,22,32);1H/b15-10-;. The van der Waals surface area contributed by atoms with Crippen LogP contribution in [0.4, 0.5) is 11.4 Å². The van der Waals surface area contributed by atoms with Crippen molar-refractivity contribution in [1.82, 2.24) is 5.01 Å². The van der Waals surface area contributed by atoms with Gasteiger partial charge in [0.25, 0.3) is 11.4 Å². The number of non-ortho nitro benzene ring substituents is 2. The maximum Gasteiger partial charge on any atom is 0.269 e. The van der Waals surface area contributed by atoms with E-state index in [2.05, 4.69) is 7.05 Å². The summed E-state index contributed by atoms with van der Waals surface area (Å²) < 4.78 is 0. The van der Waals surface area contributed by atoms with Crippen LogP contribution in [0.15, 0.2) is 59.2 Å². The topological polar surface area (TPSA) is 132 Å². The van der Waals surface area contributed by atoms with E-state index in [1.807, 2.05) is 6.08 Å². The second kappa shape index (κ2) is 9.61. The molecule has 1 saturated heterocycles. The maximum absolute atomic E-state index is 11.0. The second-order valence-electron chi connectivity index (χ2n) is 7.92. The summed E-state index contributed by atoms with van der Waals surface area (Å²) in [5.74, 6) is -0.0176. The highest BCUT2D eigenvalue weighted by Crippen LogP contribution is 2.38. The van der Waals surface area contributed by atoms with Crippen molar-refractivity contribution in [3.63, 3.8) is 0 Å². The third kappa shape index (κ3) is 4.85. The van der Waals surface area contributed by atoms with Crippen molar-refractivity contribution >= 4 is 40.5 Å². The van der Waals surface area contributed by atoms with E-state index in [-0.39, 0.29) is 40.9 Å². The molecule has 172 valence electrons. The number of thiocarbonyl (C=S) groups is 1. The molecule has 0 spiro atoms. The first-order valence-electron chi connectivity index (χ1n) is 9.93. The van der Waals surface area contributed by atoms with Gasteiger partial charge in [0.15, 0.2) is 5.11 Å². The number of fused-ring (bicyclic) bond motifs is 1. The Labute approximate surface area is 201 Å². The zero-order valence-electron chi connectivity index (χ0n) is 17.6. The van der Waals surface area contributed by atoms with Crippen molar-refractivity contribution < 1.29 is 27.2 Å². The first-order valence-corrected chi connectivity index (χ1v) is 10.3. The number of nitro groups is 2. The Hall–Kier alpha value is -3.41. The quantitative estimate of drug-likeness (QED) is 0.310. The van der Waals surface area contributed by atoms with Gasteiger partial charge in [-0.2, -0.15) is 5.10 Å². The molecule has 0 bridgehead atoms. The number of nitro benzene ring substituents is 2. The van der Waals surface area contributed by atoms with Gasteiger partial charge in [-0.1, -0.05) is 12.1 Å². The van der Waals surface area contributed by atoms with Gasteiger partial charge >= 0.3 is 0 Å². The Morgan fingerprint density at radius 1 is 1.12 bits per heavy atom. The highest BCUT2D eigenvalue weighted by atomic mass is 35.5. The molecule has 3 N–H and O–H groups in total. The van der Waals surface area contributed by atoms with Crippen LogP contribution in [-0.2, 0) is 0 Å². The molecule has 3 unspecified atom stereocenters. The summed E-state index contributed by atoms with van der Waals surface area (Å²) in [6.45, 7) is 1.52. The fourth-order valence-corrected chi connectivity index (χ4v) is 4.47. The van der Waals surface area contributed by atoms with Gasteiger partial charge in [0.1, 0.15) is 6.54 Å². The zero-order chi connectivity index (χ0) is 23.0. The number of nitrogens with one attached hydrogen (secondary N) is 1. The normalized spacial score (nSPS) is 22.8. The Morgan fingerprint density at radius 3 is 2.18 bits per heavy atom. The fourth-order valence-electron chi connectivity index (χ4n) is 4.32. The van der Waals surface area contributed by atoms with Crippen LogP contribution in [0.2, 0.25) is 0 Å². The molecule has 2 heterocycles. The van der Waals surface area contributed by atoms with Gasteiger partial charge in [-0.25, -0.2) is 5.01 Å². The highest BCUT2D eigenvalue weighted by molar-refractivity contribution is 7.80. The minimum atomic E-state index is -0.435. The minimum Gasteiger partial charge on any atom is -1.00 e. The highest BCUT2D eigenvalue weighted by Gasteiger charge is 2.45. The molecule has 2 aliphatic rings. The van der Waals surface area contributed by atoms with Crippen molar-refractivity contribution in [3.05, 3.63) is 85.5 Å². The van der Waals surface area contributed by atoms with Crippen molar-refractivity contribution in [1.29, 1.82) is 0 Å². The summed E-state index contributed by atoms with van der Waals surface area (Å²) in [6, 6.07) is 12.5. The molecule has 0 saturated carbocycles. The predicted molar refractivity (Wildman–Crippen MR) is 123 cm³/mol. The van der Waals surface area contributed by atoms with E-state index in [1.165, 1.54) is 29.2 Å². The lowest BCUT2D eigenvalue weighted by atomic mass is 9.83. The van der Waals surface area contributed by atoms with Gasteiger partial charge in [0.05, 0.1) is 41.1 Å². The van der Waals surface area contributed by atoms with Gasteiger partial charge in [0.2, 0.25) is 0 Å². The molecule has 4 rings (SSSR count). The molecule has 10 nitrogen and oxygen atoms in total. The molecule has 2 aromatic rings. The van der Waals surface area contributed by atoms with Crippen LogP contribution in [0.5, 0.6) is 0 Å². The molecule has 3 atom stereocenters. The third-order valence-corrected chi connectivity index (χ3v) is 5.90.